The van der Waals surface area contributed by atoms with E-state index in [1.165, 1.54) is 6.07 Å². The summed E-state index contributed by atoms with van der Waals surface area (Å²) in [5.41, 5.74) is 0.462. The van der Waals surface area contributed by atoms with Crippen LogP contribution < -0.4 is 0 Å². The van der Waals surface area contributed by atoms with Crippen LogP contribution in [0.2, 0.25) is 5.82 Å². The Bertz CT molecular complexity index is 402. The molecule has 0 amide bonds. The highest BCUT2D eigenvalue weighted by Crippen LogP contribution is 2.36. The van der Waals surface area contributed by atoms with Crippen molar-refractivity contribution < 1.29 is 13.6 Å². The van der Waals surface area contributed by atoms with Crippen LogP contribution in [0.15, 0.2) is 18.2 Å². The van der Waals surface area contributed by atoms with Gasteiger partial charge in [-0.25, -0.2) is 8.78 Å². The fraction of sp³-hybridized carbons (Fsp3) is 0.300. The monoisotopic (exact) mass is 306 g/mol. The van der Waals surface area contributed by atoms with Crippen LogP contribution in [-0.2, 0) is 4.79 Å². The molecular formula is C10H7BBrClF2O. The van der Waals surface area contributed by atoms with Crippen LogP contribution in [0.4, 0.5) is 8.78 Å². The van der Waals surface area contributed by atoms with Gasteiger partial charge < -0.3 is 0 Å². The Morgan fingerprint density at radius 1 is 1.44 bits per heavy atom. The van der Waals surface area contributed by atoms with E-state index >= 15 is 0 Å². The van der Waals surface area contributed by atoms with Gasteiger partial charge in [-0.15, -0.1) is 0 Å². The van der Waals surface area contributed by atoms with Crippen LogP contribution in [0, 0.1) is 11.6 Å². The quantitative estimate of drug-likeness (QED) is 0.472. The van der Waals surface area contributed by atoms with Crippen LogP contribution in [-0.4, -0.2) is 13.1 Å². The smallest absolute Gasteiger partial charge is 0.221 e. The standard InChI is InChI=1S/C10H7BBrClF2O/c11-6(4-9(13)16)10(12)5-1-2-7(14)8(15)3-5/h1-3,6,10H,4H2. The lowest BCUT2D eigenvalue weighted by Crippen LogP contribution is -2.05. The number of hydrogen-bond donors (Lipinski definition) is 0. The Morgan fingerprint density at radius 3 is 2.56 bits per heavy atom. The SMILES string of the molecule is [B]C(CC(=O)Cl)C(Br)c1ccc(F)c(F)c1. The highest BCUT2D eigenvalue weighted by molar-refractivity contribution is 9.09. The van der Waals surface area contributed by atoms with Gasteiger partial charge in [-0.2, -0.15) is 0 Å². The molecule has 0 saturated carbocycles. The van der Waals surface area contributed by atoms with Gasteiger partial charge in [-0.05, 0) is 29.3 Å². The molecule has 84 valence electrons. The molecule has 6 heteroatoms. The molecule has 0 aliphatic heterocycles. The lowest BCUT2D eigenvalue weighted by atomic mass is 9.80. The maximum Gasteiger partial charge on any atom is 0.221 e. The van der Waals surface area contributed by atoms with Crippen molar-refractivity contribution in [3.05, 3.63) is 35.4 Å². The molecule has 2 atom stereocenters. The second-order valence-corrected chi connectivity index (χ2v) is 4.71. The third kappa shape index (κ3) is 3.56. The highest BCUT2D eigenvalue weighted by atomic mass is 79.9. The van der Waals surface area contributed by atoms with Crippen LogP contribution >= 0.6 is 27.5 Å². The van der Waals surface area contributed by atoms with Crippen molar-refractivity contribution in [3.63, 3.8) is 0 Å². The molecule has 0 fully saturated rings. The van der Waals surface area contributed by atoms with E-state index in [0.717, 1.165) is 12.1 Å². The van der Waals surface area contributed by atoms with Crippen LogP contribution in [0.5, 0.6) is 0 Å². The number of alkyl halides is 1. The first-order chi connectivity index (χ1) is 7.41. The molecule has 2 radical (unpaired) electrons. The van der Waals surface area contributed by atoms with Gasteiger partial charge in [-0.3, -0.25) is 4.79 Å². The first-order valence-corrected chi connectivity index (χ1v) is 5.74. The molecule has 0 aliphatic rings. The third-order valence-electron chi connectivity index (χ3n) is 2.03. The summed E-state index contributed by atoms with van der Waals surface area (Å²) >= 11 is 8.40. The summed E-state index contributed by atoms with van der Waals surface area (Å²) in [6.45, 7) is 0. The highest BCUT2D eigenvalue weighted by Gasteiger charge is 2.19. The number of hydrogen-bond acceptors (Lipinski definition) is 1. The molecule has 0 heterocycles. The first-order valence-electron chi connectivity index (χ1n) is 4.44. The molecule has 0 spiro atoms. The Kier molecular flexibility index (Phi) is 4.93. The van der Waals surface area contributed by atoms with Gasteiger partial charge in [0.2, 0.25) is 5.24 Å². The Labute approximate surface area is 107 Å². The largest absolute Gasteiger partial charge is 0.281 e. The van der Waals surface area contributed by atoms with Crippen LogP contribution in [0.25, 0.3) is 0 Å². The van der Waals surface area contributed by atoms with Crippen LogP contribution in [0.1, 0.15) is 16.8 Å². The molecule has 0 aromatic heterocycles. The number of carbonyl (C=O) groups excluding carboxylic acids is 1. The number of rotatable bonds is 4. The lowest BCUT2D eigenvalue weighted by Gasteiger charge is -2.17. The average molecular weight is 307 g/mol. The lowest BCUT2D eigenvalue weighted by molar-refractivity contribution is -0.111. The van der Waals surface area contributed by atoms with E-state index in [1.54, 1.807) is 0 Å². The predicted octanol–water partition coefficient (Wildman–Crippen LogP) is 3.51. The van der Waals surface area contributed by atoms with E-state index in [2.05, 4.69) is 15.9 Å². The topological polar surface area (TPSA) is 17.1 Å². The Hall–Kier alpha value is -0.415. The molecule has 2 unspecified atom stereocenters. The fourth-order valence-corrected chi connectivity index (χ4v) is 1.87. The van der Waals surface area contributed by atoms with E-state index in [4.69, 9.17) is 19.4 Å². The first kappa shape index (κ1) is 13.6. The maximum absolute atomic E-state index is 12.9. The molecule has 0 aliphatic carbocycles. The van der Waals surface area contributed by atoms with Crippen molar-refractivity contribution >= 4 is 40.6 Å². The van der Waals surface area contributed by atoms with E-state index in [9.17, 15) is 13.6 Å². The van der Waals surface area contributed by atoms with E-state index in [-0.39, 0.29) is 6.42 Å². The van der Waals surface area contributed by atoms with Crippen molar-refractivity contribution in [3.8, 4) is 0 Å². The maximum atomic E-state index is 12.9. The zero-order valence-electron chi connectivity index (χ0n) is 8.09. The second kappa shape index (κ2) is 5.78. The summed E-state index contributed by atoms with van der Waals surface area (Å²) in [7, 11) is 5.67. The fourth-order valence-electron chi connectivity index (χ4n) is 1.22. The van der Waals surface area contributed by atoms with Crippen molar-refractivity contribution in [1.29, 1.82) is 0 Å². The number of carbonyl (C=O) groups is 1. The van der Waals surface area contributed by atoms with Gasteiger partial charge in [-0.1, -0.05) is 27.8 Å². The summed E-state index contributed by atoms with van der Waals surface area (Å²) in [6, 6.07) is 3.44. The summed E-state index contributed by atoms with van der Waals surface area (Å²) in [5.74, 6) is -2.47. The minimum absolute atomic E-state index is 0.0452. The minimum Gasteiger partial charge on any atom is -0.281 e. The molecule has 1 nitrogen and oxygen atoms in total. The van der Waals surface area contributed by atoms with Crippen molar-refractivity contribution in [2.45, 2.75) is 17.1 Å². The normalized spacial score (nSPS) is 14.5. The molecular weight excluding hydrogens is 300 g/mol. The molecule has 0 bridgehead atoms. The van der Waals surface area contributed by atoms with E-state index < -0.39 is 27.5 Å². The number of halogens is 4. The predicted molar refractivity (Wildman–Crippen MR) is 63.0 cm³/mol. The third-order valence-corrected chi connectivity index (χ3v) is 3.40. The average Bonchev–Trinajstić information content (AvgIpc) is 2.20. The van der Waals surface area contributed by atoms with Gasteiger partial charge in [0, 0.05) is 11.2 Å². The molecule has 1 aromatic carbocycles. The zero-order valence-corrected chi connectivity index (χ0v) is 10.4. The van der Waals surface area contributed by atoms with Gasteiger partial charge in [0.15, 0.2) is 11.6 Å². The van der Waals surface area contributed by atoms with Crippen molar-refractivity contribution in [1.82, 2.24) is 0 Å². The summed E-state index contributed by atoms with van der Waals surface area (Å²) in [4.78, 5) is 10.2. The molecule has 0 saturated heterocycles. The van der Waals surface area contributed by atoms with Gasteiger partial charge >= 0.3 is 0 Å². The Morgan fingerprint density at radius 2 is 2.06 bits per heavy atom. The van der Waals surface area contributed by atoms with Gasteiger partial charge in [0.1, 0.15) is 0 Å². The summed E-state index contributed by atoms with van der Waals surface area (Å²) in [5, 5.41) is -0.570. The summed E-state index contributed by atoms with van der Waals surface area (Å²) in [6.07, 6.45) is -0.0452. The Balaban J connectivity index is 2.83. The molecule has 16 heavy (non-hydrogen) atoms. The zero-order chi connectivity index (χ0) is 12.3. The van der Waals surface area contributed by atoms with E-state index in [0.29, 0.717) is 5.56 Å². The van der Waals surface area contributed by atoms with Crippen LogP contribution in [0.3, 0.4) is 0 Å². The molecule has 1 rings (SSSR count). The van der Waals surface area contributed by atoms with E-state index in [1.807, 2.05) is 0 Å². The molecule has 1 aromatic rings. The number of benzene rings is 1. The summed E-state index contributed by atoms with van der Waals surface area (Å²) < 4.78 is 25.6. The second-order valence-electron chi connectivity index (χ2n) is 3.30. The van der Waals surface area contributed by atoms with Gasteiger partial charge in [0.05, 0.1) is 7.85 Å². The van der Waals surface area contributed by atoms with Gasteiger partial charge in [0.25, 0.3) is 0 Å². The minimum atomic E-state index is -0.952. The van der Waals surface area contributed by atoms with Crippen molar-refractivity contribution in [2.24, 2.45) is 0 Å². The van der Waals surface area contributed by atoms with Crippen molar-refractivity contribution in [2.75, 3.05) is 0 Å². The molecule has 0 N–H and O–H groups in total.